The minimum absolute atomic E-state index is 0. The van der Waals surface area contributed by atoms with E-state index >= 15 is 0 Å². The van der Waals surface area contributed by atoms with Gasteiger partial charge < -0.3 is 15.8 Å². The molecule has 4 rings (SSSR count). The fourth-order valence-corrected chi connectivity index (χ4v) is 5.35. The Balaban J connectivity index is 0.00000380. The highest BCUT2D eigenvalue weighted by Gasteiger charge is 2.36. The second-order valence-electron chi connectivity index (χ2n) is 8.11. The van der Waals surface area contributed by atoms with Crippen molar-refractivity contribution in [3.63, 3.8) is 0 Å². The summed E-state index contributed by atoms with van der Waals surface area (Å²) in [6.07, 6.45) is 1.03. The number of benzene rings is 2. The molecule has 1 aromatic heterocycles. The Bertz CT molecular complexity index is 1680. The normalized spacial score (nSPS) is 14.9. The molecule has 190 valence electrons. The lowest BCUT2D eigenvalue weighted by atomic mass is 9.83. The molecule has 0 bridgehead atoms. The molecule has 0 fully saturated rings. The second kappa shape index (κ2) is 10.9. The van der Waals surface area contributed by atoms with Crippen molar-refractivity contribution in [2.24, 2.45) is 5.73 Å². The first-order chi connectivity index (χ1) is 17.2. The van der Waals surface area contributed by atoms with Crippen LogP contribution in [0.15, 0.2) is 52.8 Å². The van der Waals surface area contributed by atoms with Crippen LogP contribution in [-0.4, -0.2) is 23.6 Å². The summed E-state index contributed by atoms with van der Waals surface area (Å²) in [5.41, 5.74) is 8.84. The largest absolute Gasteiger partial charge is 0.466 e. The number of fused-ring (bicyclic) bond motifs is 1. The van der Waals surface area contributed by atoms with E-state index in [9.17, 15) is 19.6 Å². The van der Waals surface area contributed by atoms with Gasteiger partial charge >= 0.3 is 5.97 Å². The number of thiazole rings is 1. The van der Waals surface area contributed by atoms with Crippen LogP contribution < -0.4 is 25.8 Å². The number of hydrogen-bond acceptors (Lipinski definition) is 7. The Morgan fingerprint density at radius 2 is 1.92 bits per heavy atom. The molecule has 0 radical (unpaired) electrons. The lowest BCUT2D eigenvalue weighted by Crippen LogP contribution is -2.41. The standard InChI is InChI=1S/C26H21ClN4O4S.CH4/c1-13-8-9-15(10-14(13)2)30-24(33)22-21(16-6-4-5-7-18(16)27)17(12-28)23(29)31-25(34)19(36-26(22)31)11-20(32)35-3;/h4-11,21H,29H2,1-3H3,(H,30,33);1H4/b19-11-;. The maximum atomic E-state index is 13.8. The van der Waals surface area contributed by atoms with Gasteiger partial charge in [0.25, 0.3) is 11.5 Å². The van der Waals surface area contributed by atoms with E-state index in [1.54, 1.807) is 30.3 Å². The summed E-state index contributed by atoms with van der Waals surface area (Å²) in [7, 11) is 1.19. The molecule has 0 saturated heterocycles. The third kappa shape index (κ3) is 4.94. The lowest BCUT2D eigenvalue weighted by Gasteiger charge is -2.26. The maximum Gasteiger partial charge on any atom is 0.332 e. The number of carbonyl (C=O) groups is 2. The molecule has 1 amide bonds. The zero-order valence-electron chi connectivity index (χ0n) is 19.6. The molecule has 2 heterocycles. The lowest BCUT2D eigenvalue weighted by molar-refractivity contribution is -0.133. The Labute approximate surface area is 222 Å². The summed E-state index contributed by atoms with van der Waals surface area (Å²) in [5.74, 6) is -2.36. The van der Waals surface area contributed by atoms with Crippen LogP contribution in [-0.2, 0) is 14.3 Å². The minimum Gasteiger partial charge on any atom is -0.466 e. The van der Waals surface area contributed by atoms with Crippen LogP contribution in [0.1, 0.15) is 30.0 Å². The van der Waals surface area contributed by atoms with Crippen LogP contribution in [0.2, 0.25) is 5.02 Å². The van der Waals surface area contributed by atoms with Gasteiger partial charge in [-0.1, -0.05) is 43.3 Å². The maximum absolute atomic E-state index is 13.8. The van der Waals surface area contributed by atoms with Gasteiger partial charge in [0.05, 0.1) is 30.2 Å². The summed E-state index contributed by atoms with van der Waals surface area (Å²) < 4.78 is 5.94. The van der Waals surface area contributed by atoms with Gasteiger partial charge in [-0.25, -0.2) is 4.79 Å². The number of allylic oxidation sites excluding steroid dienone is 1. The first-order valence-electron chi connectivity index (χ1n) is 10.8. The number of rotatable bonds is 4. The van der Waals surface area contributed by atoms with Crippen molar-refractivity contribution in [2.75, 3.05) is 12.4 Å². The SMILES string of the molecule is C.COC(=O)/C=c1\sc2n(c1=O)C(N)=C(C#N)C(c1ccccc1Cl)C=2C(=O)Nc1ccc(C)c(C)c1. The van der Waals surface area contributed by atoms with E-state index in [1.807, 2.05) is 26.0 Å². The van der Waals surface area contributed by atoms with Gasteiger partial charge in [0.2, 0.25) is 0 Å². The van der Waals surface area contributed by atoms with Crippen LogP contribution in [0.25, 0.3) is 17.5 Å². The van der Waals surface area contributed by atoms with Gasteiger partial charge in [0.15, 0.2) is 0 Å². The van der Waals surface area contributed by atoms with Crippen molar-refractivity contribution >= 4 is 58.0 Å². The third-order valence-corrected chi connectivity index (χ3v) is 7.40. The molecule has 3 N–H and O–H groups in total. The van der Waals surface area contributed by atoms with Gasteiger partial charge in [0.1, 0.15) is 15.0 Å². The molecule has 0 saturated carbocycles. The van der Waals surface area contributed by atoms with Crippen molar-refractivity contribution < 1.29 is 14.3 Å². The molecule has 10 heteroatoms. The predicted octanol–water partition coefficient (Wildman–Crippen LogP) is 3.01. The summed E-state index contributed by atoms with van der Waals surface area (Å²) in [6, 6.07) is 14.3. The number of hydrogen-bond donors (Lipinski definition) is 2. The monoisotopic (exact) mass is 536 g/mol. The number of amides is 1. The van der Waals surface area contributed by atoms with E-state index in [0.717, 1.165) is 33.1 Å². The summed E-state index contributed by atoms with van der Waals surface area (Å²) >= 11 is 7.41. The number of nitrogens with one attached hydrogen (secondary N) is 1. The van der Waals surface area contributed by atoms with Crippen LogP contribution in [0.5, 0.6) is 0 Å². The average Bonchev–Trinajstić information content (AvgIpc) is 3.17. The molecule has 2 aromatic carbocycles. The minimum atomic E-state index is -0.945. The number of ether oxygens (including phenoxy) is 1. The van der Waals surface area contributed by atoms with Gasteiger partial charge in [-0.05, 0) is 48.7 Å². The number of nitrogens with zero attached hydrogens (tertiary/aromatic N) is 2. The number of nitriles is 1. The smallest absolute Gasteiger partial charge is 0.332 e. The first-order valence-corrected chi connectivity index (χ1v) is 12.0. The molecule has 8 nitrogen and oxygen atoms in total. The predicted molar refractivity (Wildman–Crippen MR) is 146 cm³/mol. The van der Waals surface area contributed by atoms with E-state index < -0.39 is 23.4 Å². The second-order valence-corrected chi connectivity index (χ2v) is 9.55. The van der Waals surface area contributed by atoms with Crippen molar-refractivity contribution in [1.82, 2.24) is 4.57 Å². The molecule has 1 aliphatic rings. The molecule has 37 heavy (non-hydrogen) atoms. The van der Waals surface area contributed by atoms with Gasteiger partial charge in [-0.2, -0.15) is 5.26 Å². The molecule has 0 aliphatic carbocycles. The summed E-state index contributed by atoms with van der Waals surface area (Å²) in [6.45, 7) is 3.88. The fourth-order valence-electron chi connectivity index (χ4n) is 3.97. The van der Waals surface area contributed by atoms with E-state index in [-0.39, 0.29) is 33.6 Å². The van der Waals surface area contributed by atoms with Gasteiger partial charge in [-0.3, -0.25) is 14.2 Å². The van der Waals surface area contributed by atoms with Crippen molar-refractivity contribution in [3.8, 4) is 6.07 Å². The Hall–Kier alpha value is -4.13. The number of esters is 1. The zero-order valence-corrected chi connectivity index (χ0v) is 21.2. The van der Waals surface area contributed by atoms with Crippen LogP contribution in [0.3, 0.4) is 0 Å². The van der Waals surface area contributed by atoms with E-state index in [1.165, 1.54) is 7.11 Å². The number of carbonyl (C=O) groups excluding carboxylic acids is 2. The number of aryl methyl sites for hydroxylation is 2. The fraction of sp³-hybridized carbons (Fsp3) is 0.185. The van der Waals surface area contributed by atoms with Gasteiger partial charge in [0, 0.05) is 16.8 Å². The summed E-state index contributed by atoms with van der Waals surface area (Å²) in [4.78, 5) is 38.9. The first kappa shape index (κ1) is 27.5. The topological polar surface area (TPSA) is 127 Å². The number of halogens is 1. The number of anilines is 1. The van der Waals surface area contributed by atoms with Crippen molar-refractivity contribution in [3.05, 3.63) is 89.3 Å². The molecule has 3 aromatic rings. The molecule has 0 spiro atoms. The third-order valence-electron chi connectivity index (χ3n) is 5.94. The molecule has 1 unspecified atom stereocenters. The Morgan fingerprint density at radius 3 is 2.54 bits per heavy atom. The number of nitrogens with two attached hydrogens (primary N) is 1. The number of aromatic nitrogens is 1. The molecular weight excluding hydrogens is 512 g/mol. The van der Waals surface area contributed by atoms with Crippen LogP contribution in [0.4, 0.5) is 5.69 Å². The van der Waals surface area contributed by atoms with E-state index in [4.69, 9.17) is 17.3 Å². The average molecular weight is 537 g/mol. The Kier molecular flexibility index (Phi) is 8.06. The highest BCUT2D eigenvalue weighted by atomic mass is 35.5. The van der Waals surface area contributed by atoms with E-state index in [0.29, 0.717) is 16.3 Å². The van der Waals surface area contributed by atoms with Crippen LogP contribution in [0, 0.1) is 25.2 Å². The Morgan fingerprint density at radius 1 is 1.22 bits per heavy atom. The van der Waals surface area contributed by atoms with E-state index in [2.05, 4.69) is 16.1 Å². The highest BCUT2D eigenvalue weighted by Crippen LogP contribution is 2.39. The van der Waals surface area contributed by atoms with Gasteiger partial charge in [-0.15, -0.1) is 11.3 Å². The number of methoxy groups -OCH3 is 1. The quantitative estimate of drug-likeness (QED) is 0.493. The van der Waals surface area contributed by atoms with Crippen molar-refractivity contribution in [2.45, 2.75) is 27.2 Å². The highest BCUT2D eigenvalue weighted by molar-refractivity contribution is 7.07. The molecular formula is C27H25ClN4O4S. The van der Waals surface area contributed by atoms with Crippen LogP contribution >= 0.6 is 22.9 Å². The molecule has 1 aliphatic heterocycles. The summed E-state index contributed by atoms with van der Waals surface area (Å²) in [5, 5.41) is 13.3. The van der Waals surface area contributed by atoms with Crippen molar-refractivity contribution in [1.29, 1.82) is 5.26 Å². The zero-order chi connectivity index (χ0) is 26.1. The molecule has 1 atom stereocenters.